The lowest BCUT2D eigenvalue weighted by molar-refractivity contribution is 1.18. The summed E-state index contributed by atoms with van der Waals surface area (Å²) in [7, 11) is 0. The highest BCUT2D eigenvalue weighted by Crippen LogP contribution is 2.44. The van der Waals surface area contributed by atoms with E-state index >= 15 is 0 Å². The molecule has 2 aromatic heterocycles. The Balaban J connectivity index is 1.24. The molecule has 0 atom stereocenters. The standard InChI is InChI=1S/C47H31N3/c1-3-13-33(14-4-1)43-31-44(50-47(49-43)38-20-11-17-35(29-38)32-25-27-48-28-26-32)36-18-12-19-37(30-36)46-41-23-9-7-21-39(41)45(34-15-5-2-6-16-34)40-22-8-10-24-42(40)46/h1-31H. The molecule has 7 aromatic carbocycles. The molecule has 0 amide bonds. The van der Waals surface area contributed by atoms with Crippen LogP contribution in [0.1, 0.15) is 0 Å². The Hall–Kier alpha value is -6.71. The van der Waals surface area contributed by atoms with Crippen molar-refractivity contribution in [1.82, 2.24) is 15.0 Å². The quantitative estimate of drug-likeness (QED) is 0.170. The Labute approximate surface area is 291 Å². The van der Waals surface area contributed by atoms with Crippen LogP contribution in [0, 0.1) is 0 Å². The van der Waals surface area contributed by atoms with Gasteiger partial charge in [-0.15, -0.1) is 0 Å². The molecule has 0 unspecified atom stereocenters. The van der Waals surface area contributed by atoms with Crippen molar-refractivity contribution in [3.63, 3.8) is 0 Å². The normalized spacial score (nSPS) is 11.2. The zero-order chi connectivity index (χ0) is 33.3. The number of rotatable bonds is 6. The van der Waals surface area contributed by atoms with E-state index < -0.39 is 0 Å². The average molecular weight is 638 g/mol. The summed E-state index contributed by atoms with van der Waals surface area (Å²) in [5.41, 5.74) is 11.9. The zero-order valence-corrected chi connectivity index (χ0v) is 27.2. The predicted octanol–water partition coefficient (Wildman–Crippen LogP) is 12.2. The molecule has 50 heavy (non-hydrogen) atoms. The van der Waals surface area contributed by atoms with E-state index in [9.17, 15) is 0 Å². The second kappa shape index (κ2) is 12.7. The number of hydrogen-bond acceptors (Lipinski definition) is 3. The van der Waals surface area contributed by atoms with Gasteiger partial charge in [0.1, 0.15) is 0 Å². The lowest BCUT2D eigenvalue weighted by Gasteiger charge is -2.18. The van der Waals surface area contributed by atoms with Gasteiger partial charge < -0.3 is 0 Å². The smallest absolute Gasteiger partial charge is 0.160 e. The van der Waals surface area contributed by atoms with Crippen LogP contribution in [0.4, 0.5) is 0 Å². The minimum absolute atomic E-state index is 0.686. The third-order valence-corrected chi connectivity index (χ3v) is 9.37. The minimum atomic E-state index is 0.686. The summed E-state index contributed by atoms with van der Waals surface area (Å²) >= 11 is 0. The van der Waals surface area contributed by atoms with Gasteiger partial charge in [0, 0.05) is 29.1 Å². The number of fused-ring (bicyclic) bond motifs is 2. The summed E-state index contributed by atoms with van der Waals surface area (Å²) in [5.74, 6) is 0.686. The van der Waals surface area contributed by atoms with Crippen molar-refractivity contribution < 1.29 is 0 Å². The first-order valence-electron chi connectivity index (χ1n) is 16.9. The van der Waals surface area contributed by atoms with E-state index in [0.29, 0.717) is 5.82 Å². The largest absolute Gasteiger partial charge is 0.265 e. The monoisotopic (exact) mass is 637 g/mol. The number of pyridine rings is 1. The van der Waals surface area contributed by atoms with Gasteiger partial charge in [0.15, 0.2) is 5.82 Å². The first-order valence-corrected chi connectivity index (χ1v) is 16.9. The van der Waals surface area contributed by atoms with Crippen LogP contribution >= 0.6 is 0 Å². The second-order valence-electron chi connectivity index (χ2n) is 12.4. The van der Waals surface area contributed by atoms with Crippen LogP contribution in [0.2, 0.25) is 0 Å². The fourth-order valence-corrected chi connectivity index (χ4v) is 7.05. The molecule has 2 heterocycles. The molecule has 0 N–H and O–H groups in total. The molecule has 0 saturated heterocycles. The van der Waals surface area contributed by atoms with E-state index in [-0.39, 0.29) is 0 Å². The van der Waals surface area contributed by atoms with Crippen LogP contribution in [-0.2, 0) is 0 Å². The van der Waals surface area contributed by atoms with Crippen molar-refractivity contribution in [3.8, 4) is 67.3 Å². The highest BCUT2D eigenvalue weighted by Gasteiger charge is 2.18. The van der Waals surface area contributed by atoms with Gasteiger partial charge in [0.25, 0.3) is 0 Å². The zero-order valence-electron chi connectivity index (χ0n) is 27.2. The van der Waals surface area contributed by atoms with E-state index in [4.69, 9.17) is 9.97 Å². The number of aromatic nitrogens is 3. The second-order valence-corrected chi connectivity index (χ2v) is 12.4. The molecule has 0 spiro atoms. The fourth-order valence-electron chi connectivity index (χ4n) is 7.05. The van der Waals surface area contributed by atoms with E-state index in [1.165, 1.54) is 38.2 Å². The molecule has 0 bridgehead atoms. The summed E-state index contributed by atoms with van der Waals surface area (Å²) in [6, 6.07) is 62.0. The highest BCUT2D eigenvalue weighted by atomic mass is 14.9. The summed E-state index contributed by atoms with van der Waals surface area (Å²) in [6.45, 7) is 0. The first-order chi connectivity index (χ1) is 24.8. The molecule has 9 aromatic rings. The molecule has 0 radical (unpaired) electrons. The maximum Gasteiger partial charge on any atom is 0.160 e. The van der Waals surface area contributed by atoms with Gasteiger partial charge in [0.05, 0.1) is 11.4 Å². The van der Waals surface area contributed by atoms with Gasteiger partial charge in [-0.05, 0) is 85.3 Å². The fraction of sp³-hybridized carbons (Fsp3) is 0. The van der Waals surface area contributed by atoms with Crippen LogP contribution in [0.25, 0.3) is 88.8 Å². The average Bonchev–Trinajstić information content (AvgIpc) is 3.21. The molecule has 9 rings (SSSR count). The Bertz CT molecular complexity index is 2580. The van der Waals surface area contributed by atoms with E-state index in [0.717, 1.165) is 44.8 Å². The van der Waals surface area contributed by atoms with Crippen molar-refractivity contribution in [1.29, 1.82) is 0 Å². The first kappa shape index (κ1) is 29.4. The van der Waals surface area contributed by atoms with Crippen molar-refractivity contribution >= 4 is 21.5 Å². The van der Waals surface area contributed by atoms with Crippen molar-refractivity contribution in [3.05, 3.63) is 188 Å². The van der Waals surface area contributed by atoms with Crippen molar-refractivity contribution in [2.45, 2.75) is 0 Å². The van der Waals surface area contributed by atoms with Gasteiger partial charge in [-0.25, -0.2) is 9.97 Å². The maximum atomic E-state index is 5.22. The van der Waals surface area contributed by atoms with E-state index in [2.05, 4.69) is 163 Å². The highest BCUT2D eigenvalue weighted by molar-refractivity contribution is 6.21. The molecule has 0 aliphatic heterocycles. The SMILES string of the molecule is c1ccc(-c2cc(-c3cccc(-c4c5ccccc5c(-c5ccccc5)c5ccccc45)c3)nc(-c3cccc(-c4ccncc4)c3)n2)cc1. The Kier molecular flexibility index (Phi) is 7.49. The van der Waals surface area contributed by atoms with Gasteiger partial charge in [-0.2, -0.15) is 0 Å². The summed E-state index contributed by atoms with van der Waals surface area (Å²) in [5, 5.41) is 4.93. The topological polar surface area (TPSA) is 38.7 Å². The molecule has 0 saturated carbocycles. The van der Waals surface area contributed by atoms with E-state index in [1.54, 1.807) is 0 Å². The van der Waals surface area contributed by atoms with Crippen LogP contribution in [0.3, 0.4) is 0 Å². The van der Waals surface area contributed by atoms with Crippen LogP contribution in [-0.4, -0.2) is 15.0 Å². The third-order valence-electron chi connectivity index (χ3n) is 9.37. The Morgan fingerprint density at radius 2 is 0.720 bits per heavy atom. The molecule has 3 heteroatoms. The molecular formula is C47H31N3. The molecule has 0 fully saturated rings. The minimum Gasteiger partial charge on any atom is -0.265 e. The summed E-state index contributed by atoms with van der Waals surface area (Å²) in [6.07, 6.45) is 3.64. The number of benzene rings is 7. The van der Waals surface area contributed by atoms with Crippen LogP contribution in [0.5, 0.6) is 0 Å². The lowest BCUT2D eigenvalue weighted by Crippen LogP contribution is -1.96. The molecule has 0 aliphatic rings. The predicted molar refractivity (Wildman–Crippen MR) is 207 cm³/mol. The molecule has 3 nitrogen and oxygen atoms in total. The van der Waals surface area contributed by atoms with Crippen LogP contribution < -0.4 is 0 Å². The third kappa shape index (κ3) is 5.41. The number of hydrogen-bond donors (Lipinski definition) is 0. The van der Waals surface area contributed by atoms with E-state index in [1.807, 2.05) is 30.6 Å². The Morgan fingerprint density at radius 3 is 1.34 bits per heavy atom. The van der Waals surface area contributed by atoms with Crippen molar-refractivity contribution in [2.24, 2.45) is 0 Å². The van der Waals surface area contributed by atoms with Crippen molar-refractivity contribution in [2.75, 3.05) is 0 Å². The summed E-state index contributed by atoms with van der Waals surface area (Å²) in [4.78, 5) is 14.5. The maximum absolute atomic E-state index is 5.22. The lowest BCUT2D eigenvalue weighted by atomic mass is 9.85. The Morgan fingerprint density at radius 1 is 0.280 bits per heavy atom. The molecule has 234 valence electrons. The van der Waals surface area contributed by atoms with Gasteiger partial charge in [-0.3, -0.25) is 4.98 Å². The molecular weight excluding hydrogens is 607 g/mol. The number of nitrogens with zero attached hydrogens (tertiary/aromatic N) is 3. The van der Waals surface area contributed by atoms with Crippen LogP contribution in [0.15, 0.2) is 188 Å². The van der Waals surface area contributed by atoms with Gasteiger partial charge >= 0.3 is 0 Å². The molecule has 0 aliphatic carbocycles. The summed E-state index contributed by atoms with van der Waals surface area (Å²) < 4.78 is 0. The van der Waals surface area contributed by atoms with Gasteiger partial charge in [-0.1, -0.05) is 146 Å². The van der Waals surface area contributed by atoms with Gasteiger partial charge in [0.2, 0.25) is 0 Å².